The number of fused-ring (bicyclic) bond motifs is 1. The highest BCUT2D eigenvalue weighted by Crippen LogP contribution is 2.57. The molecule has 2 aliphatic carbocycles. The van der Waals surface area contributed by atoms with Crippen molar-refractivity contribution in [2.75, 3.05) is 19.7 Å². The van der Waals surface area contributed by atoms with Crippen molar-refractivity contribution in [3.05, 3.63) is 0 Å². The minimum Gasteiger partial charge on any atom is -0.377 e. The molecule has 2 saturated carbocycles. The van der Waals surface area contributed by atoms with Crippen LogP contribution >= 0.6 is 0 Å². The second-order valence-electron chi connectivity index (χ2n) is 8.16. The molecule has 0 amide bonds. The first-order valence-electron chi connectivity index (χ1n) is 8.56. The van der Waals surface area contributed by atoms with E-state index in [1.54, 1.807) is 0 Å². The van der Waals surface area contributed by atoms with E-state index < -0.39 is 0 Å². The van der Waals surface area contributed by atoms with Gasteiger partial charge in [-0.3, -0.25) is 0 Å². The first-order chi connectivity index (χ1) is 9.45. The fraction of sp³-hybridized carbons (Fsp3) is 1.00. The number of rotatable bonds is 6. The molecule has 3 rings (SSSR count). The average Bonchev–Trinajstić information content (AvgIpc) is 3.19. The van der Waals surface area contributed by atoms with Gasteiger partial charge in [-0.15, -0.1) is 0 Å². The van der Waals surface area contributed by atoms with Gasteiger partial charge in [0.05, 0.1) is 6.10 Å². The largest absolute Gasteiger partial charge is 0.377 e. The number of ether oxygens (including phenoxy) is 1. The summed E-state index contributed by atoms with van der Waals surface area (Å²) in [5, 5.41) is 3.72. The fourth-order valence-corrected chi connectivity index (χ4v) is 4.78. The Bertz CT molecular complexity index is 364. The van der Waals surface area contributed by atoms with Gasteiger partial charge in [-0.05, 0) is 37.5 Å². The highest BCUT2D eigenvalue weighted by Gasteiger charge is 2.66. The second kappa shape index (κ2) is 4.96. The monoisotopic (exact) mass is 280 g/mol. The van der Waals surface area contributed by atoms with Crippen LogP contribution in [0.2, 0.25) is 0 Å². The smallest absolute Gasteiger partial charge is 0.0690 e. The van der Waals surface area contributed by atoms with Crippen molar-refractivity contribution < 1.29 is 4.74 Å². The zero-order valence-electron chi connectivity index (χ0n) is 13.5. The van der Waals surface area contributed by atoms with Crippen LogP contribution in [0, 0.1) is 16.7 Å². The lowest BCUT2D eigenvalue weighted by atomic mass is 9.46. The number of nitrogens with one attached hydrogen (secondary N) is 1. The molecule has 0 radical (unpaired) electrons. The highest BCUT2D eigenvalue weighted by molar-refractivity contribution is 5.20. The quantitative estimate of drug-likeness (QED) is 0.786. The Balaban J connectivity index is 1.56. The summed E-state index contributed by atoms with van der Waals surface area (Å²) in [5.41, 5.74) is 7.45. The number of nitrogens with two attached hydrogens (primary N) is 1. The summed E-state index contributed by atoms with van der Waals surface area (Å²) in [4.78, 5) is 0. The van der Waals surface area contributed by atoms with Crippen molar-refractivity contribution in [1.29, 1.82) is 0 Å². The molecule has 0 aromatic carbocycles. The zero-order valence-corrected chi connectivity index (χ0v) is 13.5. The highest BCUT2D eigenvalue weighted by atomic mass is 16.5. The molecule has 3 atom stereocenters. The lowest BCUT2D eigenvalue weighted by Gasteiger charge is -2.66. The third kappa shape index (κ3) is 2.13. The van der Waals surface area contributed by atoms with E-state index in [-0.39, 0.29) is 11.0 Å². The van der Waals surface area contributed by atoms with Crippen LogP contribution in [-0.2, 0) is 4.74 Å². The van der Waals surface area contributed by atoms with Gasteiger partial charge in [0.1, 0.15) is 0 Å². The van der Waals surface area contributed by atoms with Gasteiger partial charge in [0.2, 0.25) is 0 Å². The molecule has 0 aromatic heterocycles. The Hall–Kier alpha value is -0.120. The second-order valence-corrected chi connectivity index (χ2v) is 8.16. The van der Waals surface area contributed by atoms with E-state index in [4.69, 9.17) is 10.5 Å². The molecule has 1 saturated heterocycles. The fourth-order valence-electron chi connectivity index (χ4n) is 4.78. The van der Waals surface area contributed by atoms with Crippen LogP contribution < -0.4 is 11.1 Å². The summed E-state index contributed by atoms with van der Waals surface area (Å²) in [6.45, 7) is 9.92. The molecule has 1 heterocycles. The topological polar surface area (TPSA) is 47.3 Å². The van der Waals surface area contributed by atoms with Gasteiger partial charge in [-0.25, -0.2) is 0 Å². The normalized spacial score (nSPS) is 40.8. The van der Waals surface area contributed by atoms with Crippen LogP contribution in [0.1, 0.15) is 59.3 Å². The predicted octanol–water partition coefficient (Wildman–Crippen LogP) is 2.69. The van der Waals surface area contributed by atoms with E-state index in [2.05, 4.69) is 26.1 Å². The van der Waals surface area contributed by atoms with Gasteiger partial charge in [0, 0.05) is 36.6 Å². The maximum Gasteiger partial charge on any atom is 0.0690 e. The maximum absolute atomic E-state index is 6.82. The summed E-state index contributed by atoms with van der Waals surface area (Å²) in [7, 11) is 0. The number of hydrogen-bond acceptors (Lipinski definition) is 3. The summed E-state index contributed by atoms with van der Waals surface area (Å²) in [5.74, 6) is 0.556. The Morgan fingerprint density at radius 2 is 2.00 bits per heavy atom. The third-order valence-corrected chi connectivity index (χ3v) is 6.55. The summed E-state index contributed by atoms with van der Waals surface area (Å²) >= 11 is 0. The molecular weight excluding hydrogens is 248 g/mol. The molecule has 3 aliphatic rings. The molecule has 116 valence electrons. The van der Waals surface area contributed by atoms with E-state index >= 15 is 0 Å². The Labute approximate surface area is 124 Å². The lowest BCUT2D eigenvalue weighted by Crippen LogP contribution is -2.80. The first kappa shape index (κ1) is 14.8. The van der Waals surface area contributed by atoms with Crippen molar-refractivity contribution in [1.82, 2.24) is 5.32 Å². The third-order valence-electron chi connectivity index (χ3n) is 6.55. The predicted molar refractivity (Wildman–Crippen MR) is 82.6 cm³/mol. The van der Waals surface area contributed by atoms with Gasteiger partial charge in [-0.2, -0.15) is 0 Å². The van der Waals surface area contributed by atoms with E-state index in [9.17, 15) is 0 Å². The first-order valence-corrected chi connectivity index (χ1v) is 8.56. The van der Waals surface area contributed by atoms with Gasteiger partial charge in [0.25, 0.3) is 0 Å². The SMILES string of the molecule is CCCC1(CNCC2(N)C3CCCOC3C2(C)C)CC1. The minimum absolute atomic E-state index is 0.0830. The lowest BCUT2D eigenvalue weighted by molar-refractivity contribution is -0.225. The Kier molecular flexibility index (Phi) is 3.67. The van der Waals surface area contributed by atoms with Crippen molar-refractivity contribution in [2.45, 2.75) is 70.9 Å². The van der Waals surface area contributed by atoms with Crippen molar-refractivity contribution in [2.24, 2.45) is 22.5 Å². The van der Waals surface area contributed by atoms with Crippen LogP contribution in [-0.4, -0.2) is 31.3 Å². The van der Waals surface area contributed by atoms with Crippen LogP contribution in [0.5, 0.6) is 0 Å². The molecule has 20 heavy (non-hydrogen) atoms. The molecule has 3 fully saturated rings. The summed E-state index contributed by atoms with van der Waals surface area (Å²) in [6, 6.07) is 0. The molecule has 3 heteroatoms. The molecule has 3 N–H and O–H groups in total. The molecule has 3 unspecified atom stereocenters. The Morgan fingerprint density at radius 3 is 2.65 bits per heavy atom. The van der Waals surface area contributed by atoms with Crippen molar-refractivity contribution >= 4 is 0 Å². The van der Waals surface area contributed by atoms with Gasteiger partial charge >= 0.3 is 0 Å². The van der Waals surface area contributed by atoms with Crippen LogP contribution in [0.15, 0.2) is 0 Å². The average molecular weight is 280 g/mol. The summed E-state index contributed by atoms with van der Waals surface area (Å²) < 4.78 is 5.98. The maximum atomic E-state index is 6.82. The van der Waals surface area contributed by atoms with Gasteiger partial charge < -0.3 is 15.8 Å². The van der Waals surface area contributed by atoms with Crippen LogP contribution in [0.4, 0.5) is 0 Å². The zero-order chi connectivity index (χ0) is 14.4. The standard InChI is InChI=1S/C17H32N2O/c1-4-7-16(8-9-16)11-19-12-17(18)13-6-5-10-20-14(13)15(17,2)3/h13-14,19H,4-12,18H2,1-3H3. The van der Waals surface area contributed by atoms with Crippen LogP contribution in [0.25, 0.3) is 0 Å². The molecule has 0 bridgehead atoms. The molecule has 1 aliphatic heterocycles. The Morgan fingerprint density at radius 1 is 1.25 bits per heavy atom. The van der Waals surface area contributed by atoms with Gasteiger partial charge in [0.15, 0.2) is 0 Å². The molecule has 0 spiro atoms. The van der Waals surface area contributed by atoms with E-state index in [0.717, 1.165) is 19.7 Å². The minimum atomic E-state index is -0.0830. The molecular formula is C17H32N2O. The van der Waals surface area contributed by atoms with E-state index in [1.807, 2.05) is 0 Å². The molecule has 0 aromatic rings. The van der Waals surface area contributed by atoms with E-state index in [0.29, 0.717) is 17.4 Å². The van der Waals surface area contributed by atoms with Gasteiger partial charge in [-0.1, -0.05) is 27.2 Å². The van der Waals surface area contributed by atoms with Crippen molar-refractivity contribution in [3.8, 4) is 0 Å². The van der Waals surface area contributed by atoms with E-state index in [1.165, 1.54) is 38.5 Å². The van der Waals surface area contributed by atoms with Crippen molar-refractivity contribution in [3.63, 3.8) is 0 Å². The molecule has 3 nitrogen and oxygen atoms in total. The number of hydrogen-bond donors (Lipinski definition) is 2. The summed E-state index contributed by atoms with van der Waals surface area (Å²) in [6.07, 6.45) is 8.29. The van der Waals surface area contributed by atoms with Crippen LogP contribution in [0.3, 0.4) is 0 Å².